The number of halogens is 2. The third-order valence-electron chi connectivity index (χ3n) is 4.42. The first-order valence-corrected chi connectivity index (χ1v) is 7.84. The van der Waals surface area contributed by atoms with Gasteiger partial charge in [-0.05, 0) is 30.7 Å². The number of nitrogens with zero attached hydrogens (tertiary/aromatic N) is 3. The summed E-state index contributed by atoms with van der Waals surface area (Å²) in [7, 11) is 1.87. The van der Waals surface area contributed by atoms with Gasteiger partial charge in [-0.1, -0.05) is 6.58 Å². The van der Waals surface area contributed by atoms with Crippen molar-refractivity contribution in [3.05, 3.63) is 30.4 Å². The molecule has 0 saturated carbocycles. The molecule has 1 fully saturated rings. The molecule has 0 unspecified atom stereocenters. The molecule has 128 valence electrons. The fourth-order valence-corrected chi connectivity index (χ4v) is 2.97. The zero-order chi connectivity index (χ0) is 17.5. The Morgan fingerprint density at radius 2 is 2.04 bits per heavy atom. The molecule has 5 nitrogen and oxygen atoms in total. The number of benzene rings is 1. The number of alkyl halides is 2. The summed E-state index contributed by atoms with van der Waals surface area (Å²) in [6.07, 6.45) is 0.896. The smallest absolute Gasteiger partial charge is 0.251 e. The van der Waals surface area contributed by atoms with Crippen LogP contribution in [-0.2, 0) is 11.8 Å². The fraction of sp³-hybridized carbons (Fsp3) is 0.412. The normalized spacial score (nSPS) is 17.1. The highest BCUT2D eigenvalue weighted by Gasteiger charge is 2.35. The van der Waals surface area contributed by atoms with Crippen LogP contribution < -0.4 is 10.2 Å². The molecule has 1 N–H and O–H groups in total. The van der Waals surface area contributed by atoms with Crippen LogP contribution in [0.25, 0.3) is 11.0 Å². The second-order valence-electron chi connectivity index (χ2n) is 6.16. The van der Waals surface area contributed by atoms with Crippen molar-refractivity contribution in [1.29, 1.82) is 0 Å². The zero-order valence-electron chi connectivity index (χ0n) is 13.8. The lowest BCUT2D eigenvalue weighted by atomic mass is 10.1. The quantitative estimate of drug-likeness (QED) is 0.877. The van der Waals surface area contributed by atoms with E-state index in [-0.39, 0.29) is 31.8 Å². The maximum Gasteiger partial charge on any atom is 0.251 e. The van der Waals surface area contributed by atoms with Crippen molar-refractivity contribution in [3.8, 4) is 0 Å². The average molecular weight is 334 g/mol. The number of hydrogen-bond donors (Lipinski definition) is 1. The van der Waals surface area contributed by atoms with E-state index in [1.54, 1.807) is 6.07 Å². The first kappa shape index (κ1) is 16.4. The number of aryl methyl sites for hydroxylation is 2. The SMILES string of the molecule is C=CC(=O)Nc1cc2nc(N3CCC(F)(F)CC3)n(C)c2cc1C. The molecule has 1 aromatic carbocycles. The molecule has 0 aliphatic carbocycles. The number of anilines is 2. The Balaban J connectivity index is 1.95. The van der Waals surface area contributed by atoms with E-state index in [1.165, 1.54) is 6.08 Å². The highest BCUT2D eigenvalue weighted by molar-refractivity contribution is 6.00. The number of amides is 1. The Morgan fingerprint density at radius 1 is 1.38 bits per heavy atom. The molecule has 0 spiro atoms. The van der Waals surface area contributed by atoms with Gasteiger partial charge in [0.25, 0.3) is 5.92 Å². The van der Waals surface area contributed by atoms with Gasteiger partial charge in [0, 0.05) is 38.7 Å². The van der Waals surface area contributed by atoms with Crippen LogP contribution in [0.2, 0.25) is 0 Å². The van der Waals surface area contributed by atoms with E-state index < -0.39 is 5.92 Å². The molecule has 1 amide bonds. The maximum absolute atomic E-state index is 13.4. The monoisotopic (exact) mass is 334 g/mol. The molecule has 0 bridgehead atoms. The highest BCUT2D eigenvalue weighted by atomic mass is 19.3. The average Bonchev–Trinajstić information content (AvgIpc) is 2.84. The molecule has 2 heterocycles. The Bertz CT molecular complexity index is 803. The summed E-state index contributed by atoms with van der Waals surface area (Å²) in [6, 6.07) is 3.73. The van der Waals surface area contributed by atoms with Crippen molar-refractivity contribution in [1.82, 2.24) is 9.55 Å². The van der Waals surface area contributed by atoms with Crippen LogP contribution in [0.5, 0.6) is 0 Å². The molecular weight excluding hydrogens is 314 g/mol. The summed E-state index contributed by atoms with van der Waals surface area (Å²) < 4.78 is 28.6. The lowest BCUT2D eigenvalue weighted by Crippen LogP contribution is -2.40. The fourth-order valence-electron chi connectivity index (χ4n) is 2.97. The van der Waals surface area contributed by atoms with Gasteiger partial charge in [0.05, 0.1) is 11.0 Å². The molecule has 1 saturated heterocycles. The number of imidazole rings is 1. The van der Waals surface area contributed by atoms with E-state index in [9.17, 15) is 13.6 Å². The summed E-state index contributed by atoms with van der Waals surface area (Å²) in [5.41, 5.74) is 3.19. The van der Waals surface area contributed by atoms with Gasteiger partial charge in [0.2, 0.25) is 11.9 Å². The van der Waals surface area contributed by atoms with E-state index in [2.05, 4.69) is 16.9 Å². The van der Waals surface area contributed by atoms with Crippen molar-refractivity contribution in [2.24, 2.45) is 7.05 Å². The minimum atomic E-state index is -2.58. The Hall–Kier alpha value is -2.44. The molecule has 1 aliphatic rings. The van der Waals surface area contributed by atoms with E-state index in [4.69, 9.17) is 0 Å². The van der Waals surface area contributed by atoms with Crippen molar-refractivity contribution in [3.63, 3.8) is 0 Å². The summed E-state index contributed by atoms with van der Waals surface area (Å²) in [4.78, 5) is 18.0. The van der Waals surface area contributed by atoms with Gasteiger partial charge in [0.15, 0.2) is 0 Å². The summed E-state index contributed by atoms with van der Waals surface area (Å²) in [5, 5.41) is 2.75. The van der Waals surface area contributed by atoms with Crippen LogP contribution in [0, 0.1) is 6.92 Å². The van der Waals surface area contributed by atoms with E-state index in [0.717, 1.165) is 16.6 Å². The lowest BCUT2D eigenvalue weighted by Gasteiger charge is -2.32. The molecular formula is C17H20F2N4O. The third kappa shape index (κ3) is 2.98. The number of rotatable bonds is 3. The van der Waals surface area contributed by atoms with E-state index in [0.29, 0.717) is 11.6 Å². The second kappa shape index (κ2) is 5.89. The van der Waals surface area contributed by atoms with Crippen LogP contribution in [0.15, 0.2) is 24.8 Å². The van der Waals surface area contributed by atoms with Crippen LogP contribution in [0.1, 0.15) is 18.4 Å². The number of carbonyl (C=O) groups is 1. The molecule has 3 rings (SSSR count). The van der Waals surface area contributed by atoms with Crippen LogP contribution in [0.4, 0.5) is 20.4 Å². The minimum absolute atomic E-state index is 0.157. The summed E-state index contributed by atoms with van der Waals surface area (Å²) >= 11 is 0. The number of aromatic nitrogens is 2. The van der Waals surface area contributed by atoms with Gasteiger partial charge in [0.1, 0.15) is 0 Å². The molecule has 1 aliphatic heterocycles. The van der Waals surface area contributed by atoms with Crippen LogP contribution >= 0.6 is 0 Å². The van der Waals surface area contributed by atoms with Gasteiger partial charge < -0.3 is 14.8 Å². The van der Waals surface area contributed by atoms with Gasteiger partial charge >= 0.3 is 0 Å². The summed E-state index contributed by atoms with van der Waals surface area (Å²) in [6.45, 7) is 5.90. The van der Waals surface area contributed by atoms with Crippen molar-refractivity contribution in [2.75, 3.05) is 23.3 Å². The largest absolute Gasteiger partial charge is 0.342 e. The molecule has 24 heavy (non-hydrogen) atoms. The van der Waals surface area contributed by atoms with E-state index in [1.807, 2.05) is 29.5 Å². The van der Waals surface area contributed by atoms with Crippen LogP contribution in [-0.4, -0.2) is 34.5 Å². The third-order valence-corrected chi connectivity index (χ3v) is 4.42. The number of piperidine rings is 1. The second-order valence-corrected chi connectivity index (χ2v) is 6.16. The van der Waals surface area contributed by atoms with Gasteiger partial charge in [-0.2, -0.15) is 0 Å². The standard InChI is InChI=1S/C17H20F2N4O/c1-4-15(24)20-12-10-13-14(9-11(12)2)22(3)16(21-13)23-7-5-17(18,19)6-8-23/h4,9-10H,1,5-8H2,2-3H3,(H,20,24). The minimum Gasteiger partial charge on any atom is -0.342 e. The summed E-state index contributed by atoms with van der Waals surface area (Å²) in [5.74, 6) is -2.20. The van der Waals surface area contributed by atoms with Gasteiger partial charge in [-0.3, -0.25) is 4.79 Å². The maximum atomic E-state index is 13.4. The topological polar surface area (TPSA) is 50.2 Å². The Kier molecular flexibility index (Phi) is 4.03. The van der Waals surface area contributed by atoms with Crippen molar-refractivity contribution < 1.29 is 13.6 Å². The molecule has 1 aromatic heterocycles. The van der Waals surface area contributed by atoms with E-state index >= 15 is 0 Å². The number of carbonyl (C=O) groups excluding carboxylic acids is 1. The number of nitrogens with one attached hydrogen (secondary N) is 1. The Labute approximate surface area is 139 Å². The number of hydrogen-bond acceptors (Lipinski definition) is 3. The Morgan fingerprint density at radius 3 is 2.67 bits per heavy atom. The van der Waals surface area contributed by atoms with Crippen molar-refractivity contribution in [2.45, 2.75) is 25.7 Å². The van der Waals surface area contributed by atoms with Gasteiger partial charge in [-0.25, -0.2) is 13.8 Å². The highest BCUT2D eigenvalue weighted by Crippen LogP contribution is 2.32. The molecule has 0 radical (unpaired) electrons. The van der Waals surface area contributed by atoms with Crippen molar-refractivity contribution >= 4 is 28.6 Å². The van der Waals surface area contributed by atoms with Crippen LogP contribution in [0.3, 0.4) is 0 Å². The van der Waals surface area contributed by atoms with Gasteiger partial charge in [-0.15, -0.1) is 0 Å². The first-order valence-electron chi connectivity index (χ1n) is 7.84. The number of fused-ring (bicyclic) bond motifs is 1. The predicted octanol–water partition coefficient (Wildman–Crippen LogP) is 3.24. The predicted molar refractivity (Wildman–Crippen MR) is 90.7 cm³/mol. The lowest BCUT2D eigenvalue weighted by molar-refractivity contribution is -0.111. The first-order chi connectivity index (χ1) is 11.3. The molecule has 0 atom stereocenters. The molecule has 7 heteroatoms. The zero-order valence-corrected chi connectivity index (χ0v) is 13.8. The molecule has 2 aromatic rings.